The fourth-order valence-electron chi connectivity index (χ4n) is 1.28. The third-order valence-electron chi connectivity index (χ3n) is 2.24. The average molecular weight is 288 g/mol. The highest BCUT2D eigenvalue weighted by molar-refractivity contribution is 8.00. The van der Waals surface area contributed by atoms with E-state index in [1.165, 1.54) is 11.8 Å². The van der Waals surface area contributed by atoms with Gasteiger partial charge in [0.25, 0.3) is 0 Å². The molecule has 0 unspecified atom stereocenters. The van der Waals surface area contributed by atoms with Crippen molar-refractivity contribution in [3.8, 4) is 0 Å². The minimum absolute atomic E-state index is 0.146. The Morgan fingerprint density at radius 1 is 1.44 bits per heavy atom. The number of carbonyl (C=O) groups excluding carboxylic acids is 1. The van der Waals surface area contributed by atoms with E-state index >= 15 is 0 Å². The first-order valence-corrected chi connectivity index (χ1v) is 6.80. The Labute approximate surface area is 115 Å². The third kappa shape index (κ3) is 4.58. The van der Waals surface area contributed by atoms with Gasteiger partial charge in [0.1, 0.15) is 6.04 Å². The Bertz CT molecular complexity index is 439. The molecular weight excluding hydrogens is 274 g/mol. The van der Waals surface area contributed by atoms with E-state index in [4.69, 9.17) is 16.7 Å². The van der Waals surface area contributed by atoms with E-state index in [1.54, 1.807) is 13.0 Å². The standard InChI is InChI=1S/C12H14ClNO3S/c1-2-9(12(16)17)14-11(15)7-18-10-6-4-3-5-8(10)13/h3-6,9H,2,7H2,1H3,(H,14,15)(H,16,17)/t9-/m0/s1. The Kier molecular flexibility index (Phi) is 6.01. The fourth-order valence-corrected chi connectivity index (χ4v) is 2.33. The highest BCUT2D eigenvalue weighted by atomic mass is 35.5. The second-order valence-corrected chi connectivity index (χ2v) is 5.01. The van der Waals surface area contributed by atoms with Gasteiger partial charge < -0.3 is 10.4 Å². The van der Waals surface area contributed by atoms with Crippen molar-refractivity contribution in [2.45, 2.75) is 24.3 Å². The van der Waals surface area contributed by atoms with E-state index in [0.29, 0.717) is 11.4 Å². The summed E-state index contributed by atoms with van der Waals surface area (Å²) in [6.07, 6.45) is 0.359. The van der Waals surface area contributed by atoms with Crippen molar-refractivity contribution >= 4 is 35.2 Å². The van der Waals surface area contributed by atoms with Gasteiger partial charge in [0.05, 0.1) is 10.8 Å². The summed E-state index contributed by atoms with van der Waals surface area (Å²) in [5.41, 5.74) is 0. The molecule has 6 heteroatoms. The van der Waals surface area contributed by atoms with Gasteiger partial charge in [0.15, 0.2) is 0 Å². The zero-order valence-electron chi connectivity index (χ0n) is 9.85. The molecule has 0 aromatic heterocycles. The van der Waals surface area contributed by atoms with Gasteiger partial charge in [0.2, 0.25) is 5.91 Å². The molecule has 1 rings (SSSR count). The molecule has 0 bridgehead atoms. The van der Waals surface area contributed by atoms with Crippen LogP contribution in [0.1, 0.15) is 13.3 Å². The van der Waals surface area contributed by atoms with E-state index in [-0.39, 0.29) is 11.7 Å². The number of halogens is 1. The highest BCUT2D eigenvalue weighted by Crippen LogP contribution is 2.26. The molecule has 1 aromatic rings. The summed E-state index contributed by atoms with van der Waals surface area (Å²) in [5.74, 6) is -1.18. The number of aliphatic carboxylic acids is 1. The van der Waals surface area contributed by atoms with Crippen LogP contribution in [-0.4, -0.2) is 28.8 Å². The molecule has 1 atom stereocenters. The molecule has 2 N–H and O–H groups in total. The molecule has 4 nitrogen and oxygen atoms in total. The Morgan fingerprint density at radius 3 is 2.67 bits per heavy atom. The van der Waals surface area contributed by atoms with Crippen LogP contribution in [0.25, 0.3) is 0 Å². The molecule has 0 aliphatic heterocycles. The average Bonchev–Trinajstić information content (AvgIpc) is 2.34. The summed E-state index contributed by atoms with van der Waals surface area (Å²) in [6.45, 7) is 1.71. The van der Waals surface area contributed by atoms with Gasteiger partial charge in [-0.2, -0.15) is 0 Å². The molecule has 0 saturated carbocycles. The summed E-state index contributed by atoms with van der Waals surface area (Å²) in [5, 5.41) is 11.8. The summed E-state index contributed by atoms with van der Waals surface area (Å²) in [7, 11) is 0. The smallest absolute Gasteiger partial charge is 0.326 e. The SMILES string of the molecule is CC[C@H](NC(=O)CSc1ccccc1Cl)C(=O)O. The van der Waals surface area contributed by atoms with Gasteiger partial charge in [-0.1, -0.05) is 30.7 Å². The number of thioether (sulfide) groups is 1. The van der Waals surface area contributed by atoms with Gasteiger partial charge in [-0.15, -0.1) is 11.8 Å². The second kappa shape index (κ2) is 7.28. The van der Waals surface area contributed by atoms with Crippen molar-refractivity contribution in [1.82, 2.24) is 5.32 Å². The number of hydrogen-bond acceptors (Lipinski definition) is 3. The van der Waals surface area contributed by atoms with Crippen molar-refractivity contribution in [2.75, 3.05) is 5.75 Å². The number of rotatable bonds is 6. The molecule has 1 amide bonds. The molecule has 0 aliphatic rings. The van der Waals surface area contributed by atoms with Gasteiger partial charge in [-0.05, 0) is 18.6 Å². The molecule has 0 aliphatic carbocycles. The molecule has 98 valence electrons. The van der Waals surface area contributed by atoms with Gasteiger partial charge >= 0.3 is 5.97 Å². The zero-order valence-corrected chi connectivity index (χ0v) is 11.4. The Morgan fingerprint density at radius 2 is 2.11 bits per heavy atom. The predicted molar refractivity (Wildman–Crippen MR) is 72.0 cm³/mol. The quantitative estimate of drug-likeness (QED) is 0.789. The Hall–Kier alpha value is -1.20. The monoisotopic (exact) mass is 287 g/mol. The maximum atomic E-state index is 11.6. The summed E-state index contributed by atoms with van der Waals surface area (Å²) in [4.78, 5) is 23.1. The predicted octanol–water partition coefficient (Wildman–Crippen LogP) is 2.41. The van der Waals surface area contributed by atoms with Crippen LogP contribution in [0, 0.1) is 0 Å². The molecule has 1 aromatic carbocycles. The number of carboxylic acids is 1. The van der Waals surface area contributed by atoms with E-state index in [2.05, 4.69) is 5.32 Å². The minimum atomic E-state index is -1.02. The topological polar surface area (TPSA) is 66.4 Å². The van der Waals surface area contributed by atoms with Crippen LogP contribution in [-0.2, 0) is 9.59 Å². The lowest BCUT2D eigenvalue weighted by Crippen LogP contribution is -2.41. The lowest BCUT2D eigenvalue weighted by molar-refractivity contribution is -0.141. The number of nitrogens with one attached hydrogen (secondary N) is 1. The molecule has 0 heterocycles. The van der Waals surface area contributed by atoms with E-state index in [9.17, 15) is 9.59 Å². The van der Waals surface area contributed by atoms with Crippen molar-refractivity contribution < 1.29 is 14.7 Å². The van der Waals surface area contributed by atoms with Crippen molar-refractivity contribution in [2.24, 2.45) is 0 Å². The normalized spacial score (nSPS) is 11.9. The summed E-state index contributed by atoms with van der Waals surface area (Å²) >= 11 is 7.23. The third-order valence-corrected chi connectivity index (χ3v) is 3.75. The minimum Gasteiger partial charge on any atom is -0.480 e. The lowest BCUT2D eigenvalue weighted by Gasteiger charge is -2.12. The van der Waals surface area contributed by atoms with Crippen LogP contribution in [0.2, 0.25) is 5.02 Å². The number of carbonyl (C=O) groups is 2. The first-order chi connectivity index (χ1) is 8.54. The second-order valence-electron chi connectivity index (χ2n) is 3.59. The number of hydrogen-bond donors (Lipinski definition) is 2. The maximum Gasteiger partial charge on any atom is 0.326 e. The van der Waals surface area contributed by atoms with E-state index < -0.39 is 12.0 Å². The summed E-state index contributed by atoms with van der Waals surface area (Å²) < 4.78 is 0. The molecular formula is C12H14ClNO3S. The summed E-state index contributed by atoms with van der Waals surface area (Å²) in [6, 6.07) is 6.37. The Balaban J connectivity index is 2.47. The van der Waals surface area contributed by atoms with E-state index in [0.717, 1.165) is 4.90 Å². The number of amides is 1. The van der Waals surface area contributed by atoms with Crippen molar-refractivity contribution in [3.63, 3.8) is 0 Å². The molecule has 18 heavy (non-hydrogen) atoms. The van der Waals surface area contributed by atoms with E-state index in [1.807, 2.05) is 18.2 Å². The van der Waals surface area contributed by atoms with Gasteiger partial charge in [-0.25, -0.2) is 4.79 Å². The van der Waals surface area contributed by atoms with Crippen LogP contribution in [0.4, 0.5) is 0 Å². The molecule has 0 spiro atoms. The molecule has 0 fully saturated rings. The van der Waals surface area contributed by atoms with Gasteiger partial charge in [-0.3, -0.25) is 4.79 Å². The van der Waals surface area contributed by atoms with Crippen LogP contribution < -0.4 is 5.32 Å². The fraction of sp³-hybridized carbons (Fsp3) is 0.333. The largest absolute Gasteiger partial charge is 0.480 e. The first kappa shape index (κ1) is 14.9. The first-order valence-electron chi connectivity index (χ1n) is 5.44. The van der Waals surface area contributed by atoms with Gasteiger partial charge in [0, 0.05) is 4.90 Å². The van der Waals surface area contributed by atoms with Crippen LogP contribution in [0.15, 0.2) is 29.2 Å². The molecule has 0 saturated heterocycles. The molecule has 0 radical (unpaired) electrons. The number of carboxylic acid groups (broad SMARTS) is 1. The van der Waals surface area contributed by atoms with Crippen LogP contribution >= 0.6 is 23.4 Å². The van der Waals surface area contributed by atoms with Crippen LogP contribution in [0.3, 0.4) is 0 Å². The van der Waals surface area contributed by atoms with Crippen molar-refractivity contribution in [3.05, 3.63) is 29.3 Å². The van der Waals surface area contributed by atoms with Crippen molar-refractivity contribution in [1.29, 1.82) is 0 Å². The lowest BCUT2D eigenvalue weighted by atomic mass is 10.2. The highest BCUT2D eigenvalue weighted by Gasteiger charge is 2.17. The maximum absolute atomic E-state index is 11.6. The zero-order chi connectivity index (χ0) is 13.5. The van der Waals surface area contributed by atoms with Crippen LogP contribution in [0.5, 0.6) is 0 Å². The number of benzene rings is 1.